The summed E-state index contributed by atoms with van der Waals surface area (Å²) in [6.07, 6.45) is 41.3. The zero-order valence-corrected chi connectivity index (χ0v) is 36.0. The molecule has 0 amide bonds. The molecule has 0 saturated carbocycles. The van der Waals surface area contributed by atoms with E-state index in [0.29, 0.717) is 23.9 Å². The first kappa shape index (κ1) is 52.0. The Morgan fingerprint density at radius 2 is 1.06 bits per heavy atom. The Morgan fingerprint density at radius 3 is 1.59 bits per heavy atom. The van der Waals surface area contributed by atoms with Gasteiger partial charge in [-0.2, -0.15) is 0 Å². The van der Waals surface area contributed by atoms with Crippen LogP contribution in [0.1, 0.15) is 168 Å². The minimum absolute atomic E-state index is 0.0368. The van der Waals surface area contributed by atoms with Gasteiger partial charge in [-0.15, -0.1) is 0 Å². The maximum Gasteiger partial charge on any atom is 0.306 e. The molecule has 54 heavy (non-hydrogen) atoms. The van der Waals surface area contributed by atoms with Gasteiger partial charge in [0.05, 0.1) is 27.7 Å². The number of hydrogen-bond acceptors (Lipinski definition) is 8. The van der Waals surface area contributed by atoms with E-state index in [1.54, 1.807) is 0 Å². The smallest absolute Gasteiger partial charge is 0.306 e. The average Bonchev–Trinajstić information content (AvgIpc) is 3.12. The van der Waals surface area contributed by atoms with Crippen LogP contribution in [0.15, 0.2) is 48.6 Å². The highest BCUT2D eigenvalue weighted by Gasteiger charge is 2.21. The second-order valence-corrected chi connectivity index (χ2v) is 16.7. The summed E-state index contributed by atoms with van der Waals surface area (Å²) < 4.78 is 33.8. The molecule has 0 heterocycles. The summed E-state index contributed by atoms with van der Waals surface area (Å²) >= 11 is 0. The first-order valence-electron chi connectivity index (χ1n) is 21.3. The molecule has 0 radical (unpaired) electrons. The van der Waals surface area contributed by atoms with E-state index in [1.165, 1.54) is 44.9 Å². The Balaban J connectivity index is 4.42. The number of phosphoric ester groups is 1. The molecule has 314 valence electrons. The third-order valence-corrected chi connectivity index (χ3v) is 9.80. The van der Waals surface area contributed by atoms with Crippen molar-refractivity contribution in [2.75, 3.05) is 47.5 Å². The van der Waals surface area contributed by atoms with Crippen LogP contribution in [-0.4, -0.2) is 70.0 Å². The number of nitrogens with zero attached hydrogens (tertiary/aromatic N) is 1. The second kappa shape index (κ2) is 36.6. The Labute approximate surface area is 331 Å². The van der Waals surface area contributed by atoms with Gasteiger partial charge in [-0.05, 0) is 70.6 Å². The molecule has 0 aliphatic heterocycles. The largest absolute Gasteiger partial charge is 0.756 e. The normalized spacial score (nSPS) is 14.1. The lowest BCUT2D eigenvalue weighted by molar-refractivity contribution is -0.870. The zero-order valence-electron chi connectivity index (χ0n) is 35.2. The van der Waals surface area contributed by atoms with Gasteiger partial charge in [0, 0.05) is 12.8 Å². The number of quaternary nitrogens is 1. The van der Waals surface area contributed by atoms with Crippen LogP contribution in [0.4, 0.5) is 0 Å². The van der Waals surface area contributed by atoms with Gasteiger partial charge in [0.15, 0.2) is 6.10 Å². The highest BCUT2D eigenvalue weighted by atomic mass is 31.2. The number of allylic oxidation sites excluding steroid dienone is 8. The first-order chi connectivity index (χ1) is 26.0. The van der Waals surface area contributed by atoms with Gasteiger partial charge in [0.2, 0.25) is 0 Å². The van der Waals surface area contributed by atoms with E-state index in [4.69, 9.17) is 18.5 Å². The Kier molecular flexibility index (Phi) is 35.2. The van der Waals surface area contributed by atoms with Gasteiger partial charge in [-0.1, -0.05) is 133 Å². The number of carbonyl (C=O) groups is 2. The highest BCUT2D eigenvalue weighted by molar-refractivity contribution is 7.45. The van der Waals surface area contributed by atoms with E-state index in [1.807, 2.05) is 21.1 Å². The van der Waals surface area contributed by atoms with E-state index in [2.05, 4.69) is 62.5 Å². The fourth-order valence-electron chi connectivity index (χ4n) is 5.49. The molecule has 0 aliphatic rings. The van der Waals surface area contributed by atoms with Gasteiger partial charge < -0.3 is 27.9 Å². The van der Waals surface area contributed by atoms with Crippen LogP contribution in [0.25, 0.3) is 0 Å². The van der Waals surface area contributed by atoms with Gasteiger partial charge in [0.1, 0.15) is 19.8 Å². The van der Waals surface area contributed by atoms with Crippen LogP contribution in [0.3, 0.4) is 0 Å². The number of phosphoric acid groups is 1. The summed E-state index contributed by atoms with van der Waals surface area (Å²) in [6.45, 7) is 4.07. The summed E-state index contributed by atoms with van der Waals surface area (Å²) in [5.41, 5.74) is 0. The predicted octanol–water partition coefficient (Wildman–Crippen LogP) is 11.3. The zero-order chi connectivity index (χ0) is 40.0. The summed E-state index contributed by atoms with van der Waals surface area (Å²) in [5, 5.41) is 0. The quantitative estimate of drug-likeness (QED) is 0.0200. The van der Waals surface area contributed by atoms with E-state index in [-0.39, 0.29) is 26.1 Å². The first-order valence-corrected chi connectivity index (χ1v) is 22.8. The monoisotopic (exact) mass is 782 g/mol. The molecule has 0 aliphatic carbocycles. The minimum atomic E-state index is -4.63. The van der Waals surface area contributed by atoms with E-state index in [0.717, 1.165) is 83.5 Å². The lowest BCUT2D eigenvalue weighted by Crippen LogP contribution is -2.37. The van der Waals surface area contributed by atoms with Crippen molar-refractivity contribution in [3.8, 4) is 0 Å². The molecule has 0 spiro atoms. The van der Waals surface area contributed by atoms with Crippen molar-refractivity contribution in [3.05, 3.63) is 48.6 Å². The molecule has 0 N–H and O–H groups in total. The van der Waals surface area contributed by atoms with E-state index < -0.39 is 32.5 Å². The second-order valence-electron chi connectivity index (χ2n) is 15.3. The van der Waals surface area contributed by atoms with Crippen molar-refractivity contribution < 1.29 is 42.1 Å². The number of hydrogen-bond donors (Lipinski definition) is 0. The van der Waals surface area contributed by atoms with E-state index in [9.17, 15) is 19.0 Å². The number of esters is 2. The van der Waals surface area contributed by atoms with Gasteiger partial charge >= 0.3 is 11.9 Å². The van der Waals surface area contributed by atoms with Gasteiger partial charge in [-0.25, -0.2) is 0 Å². The van der Waals surface area contributed by atoms with Crippen LogP contribution < -0.4 is 4.89 Å². The number of rotatable bonds is 38. The highest BCUT2D eigenvalue weighted by Crippen LogP contribution is 2.38. The van der Waals surface area contributed by atoms with E-state index >= 15 is 0 Å². The summed E-state index contributed by atoms with van der Waals surface area (Å²) in [7, 11) is 1.14. The maximum atomic E-state index is 12.7. The Morgan fingerprint density at radius 1 is 0.593 bits per heavy atom. The molecule has 0 fully saturated rings. The molecular weight excluding hydrogens is 701 g/mol. The van der Waals surface area contributed by atoms with Crippen LogP contribution in [-0.2, 0) is 32.7 Å². The van der Waals surface area contributed by atoms with Crippen molar-refractivity contribution in [3.63, 3.8) is 0 Å². The average molecular weight is 782 g/mol. The van der Waals surface area contributed by atoms with Crippen LogP contribution >= 0.6 is 7.82 Å². The van der Waals surface area contributed by atoms with Crippen LogP contribution in [0.5, 0.6) is 0 Å². The topological polar surface area (TPSA) is 111 Å². The Hall–Kier alpha value is -2.03. The van der Waals surface area contributed by atoms with Gasteiger partial charge in [0.25, 0.3) is 7.82 Å². The predicted molar refractivity (Wildman–Crippen MR) is 222 cm³/mol. The van der Waals surface area contributed by atoms with Crippen LogP contribution in [0, 0.1) is 0 Å². The standard InChI is InChI=1S/C44H80NO8P/c1-6-8-10-12-14-16-18-20-22-24-26-28-30-32-34-36-43(46)50-40-42(41-52-54(48,49)51-39-38-45(3,4)5)53-44(47)37-35-33-31-29-27-25-23-21-19-17-15-13-11-9-7-2/h8,10,14,16,20-23,42H,6-7,9,11-13,15,17-19,24-41H2,1-5H3/b10-8+,16-14+,22-20+,23-21+/t42-/m1/s1. The molecule has 0 bridgehead atoms. The molecule has 0 aromatic rings. The SMILES string of the molecule is CC/C=C/C/C=C/C/C=C/CCCCCCCC(=O)OC[C@H](COP(=O)([O-])OCC[N+](C)(C)C)OC(=O)CCCCCCC/C=C/CCCCCCCC. The summed E-state index contributed by atoms with van der Waals surface area (Å²) in [4.78, 5) is 37.5. The molecule has 0 saturated heterocycles. The molecule has 0 aromatic carbocycles. The van der Waals surface area contributed by atoms with Gasteiger partial charge in [-0.3, -0.25) is 14.2 Å². The molecule has 0 rings (SSSR count). The molecule has 10 heteroatoms. The number of ether oxygens (including phenoxy) is 2. The number of likely N-dealkylation sites (N-methyl/N-ethyl adjacent to an activating group) is 1. The van der Waals surface area contributed by atoms with Crippen molar-refractivity contribution in [2.24, 2.45) is 0 Å². The number of unbranched alkanes of at least 4 members (excludes halogenated alkanes) is 16. The maximum absolute atomic E-state index is 12.7. The van der Waals surface area contributed by atoms with Crippen molar-refractivity contribution in [1.29, 1.82) is 0 Å². The third-order valence-electron chi connectivity index (χ3n) is 8.83. The minimum Gasteiger partial charge on any atom is -0.756 e. The van der Waals surface area contributed by atoms with Crippen molar-refractivity contribution in [1.82, 2.24) is 0 Å². The van der Waals surface area contributed by atoms with Crippen molar-refractivity contribution >= 4 is 19.8 Å². The molecule has 9 nitrogen and oxygen atoms in total. The fraction of sp³-hybridized carbons (Fsp3) is 0.773. The van der Waals surface area contributed by atoms with Crippen molar-refractivity contribution in [2.45, 2.75) is 174 Å². The van der Waals surface area contributed by atoms with Crippen LogP contribution in [0.2, 0.25) is 0 Å². The Bertz CT molecular complexity index is 1070. The number of carbonyl (C=O) groups excluding carboxylic acids is 2. The molecular formula is C44H80NO8P. The summed E-state index contributed by atoms with van der Waals surface area (Å²) in [5.74, 6) is -0.867. The molecule has 2 atom stereocenters. The molecule has 1 unspecified atom stereocenters. The summed E-state index contributed by atoms with van der Waals surface area (Å²) in [6, 6.07) is 0. The lowest BCUT2D eigenvalue weighted by Gasteiger charge is -2.28. The third kappa shape index (κ3) is 39.7. The fourth-order valence-corrected chi connectivity index (χ4v) is 6.21. The molecule has 0 aromatic heterocycles. The lowest BCUT2D eigenvalue weighted by atomic mass is 10.1.